The summed E-state index contributed by atoms with van der Waals surface area (Å²) < 4.78 is 13.6. The maximum atomic E-state index is 8.12. The minimum Gasteiger partial charge on any atom is -0.487 e. The molecule has 6 rings (SSSR count). The molecule has 1 aliphatic rings. The molecule has 42 heavy (non-hydrogen) atoms. The molecule has 3 heterocycles. The minimum absolute atomic E-state index is 0.250. The summed E-state index contributed by atoms with van der Waals surface area (Å²) in [6, 6.07) is 19.3. The Morgan fingerprint density at radius 3 is 2.29 bits per heavy atom. The molecule has 1 saturated carbocycles. The molecule has 0 unspecified atom stereocenters. The Morgan fingerprint density at radius 1 is 0.881 bits per heavy atom. The highest BCUT2D eigenvalue weighted by molar-refractivity contribution is 5.78. The first kappa shape index (κ1) is 28.6. The maximum Gasteiger partial charge on any atom is 0.373 e. The number of fused-ring (bicyclic) bond motifs is 1. The Morgan fingerprint density at radius 2 is 1.62 bits per heavy atom. The van der Waals surface area contributed by atoms with Crippen LogP contribution in [0.25, 0.3) is 22.2 Å². The van der Waals surface area contributed by atoms with E-state index in [1.807, 2.05) is 25.3 Å². The second-order valence-corrected chi connectivity index (χ2v) is 10.4. The van der Waals surface area contributed by atoms with Gasteiger partial charge in [-0.15, -0.1) is 0 Å². The Labute approximate surface area is 244 Å². The van der Waals surface area contributed by atoms with Crippen molar-refractivity contribution in [3.63, 3.8) is 0 Å². The largest absolute Gasteiger partial charge is 0.487 e. The number of ether oxygens (including phenoxy) is 2. The van der Waals surface area contributed by atoms with Crippen molar-refractivity contribution >= 4 is 17.2 Å². The van der Waals surface area contributed by atoms with Gasteiger partial charge in [0.25, 0.3) is 0 Å². The lowest BCUT2D eigenvalue weighted by Gasteiger charge is -2.22. The number of nitrogens with zero attached hydrogens (tertiary/aromatic N) is 5. The van der Waals surface area contributed by atoms with E-state index in [0.717, 1.165) is 45.7 Å². The Hall–Kier alpha value is -4.88. The van der Waals surface area contributed by atoms with Gasteiger partial charge in [0, 0.05) is 42.7 Å². The molecule has 9 nitrogen and oxygen atoms in total. The number of benzene rings is 2. The van der Waals surface area contributed by atoms with Gasteiger partial charge in [-0.05, 0) is 54.7 Å². The molecule has 3 aromatic heterocycles. The molecule has 1 fully saturated rings. The average molecular weight is 564 g/mol. The highest BCUT2D eigenvalue weighted by Crippen LogP contribution is 2.35. The Kier molecular flexibility index (Phi) is 9.31. The number of hydrogen-bond donors (Lipinski definition) is 0. The van der Waals surface area contributed by atoms with Crippen LogP contribution in [-0.2, 0) is 22.7 Å². The number of aromatic nitrogens is 5. The minimum atomic E-state index is 0.250. The van der Waals surface area contributed by atoms with E-state index in [-0.39, 0.29) is 6.15 Å². The Bertz CT molecular complexity index is 1640. The fraction of sp³-hybridized carbons (Fsp3) is 0.303. The summed E-state index contributed by atoms with van der Waals surface area (Å²) in [5.41, 5.74) is 7.44. The summed E-state index contributed by atoms with van der Waals surface area (Å²) in [6.45, 7) is 3.23. The number of imidazole rings is 1. The van der Waals surface area contributed by atoms with E-state index in [4.69, 9.17) is 24.0 Å². The number of rotatable bonds is 8. The van der Waals surface area contributed by atoms with Crippen LogP contribution < -0.4 is 9.47 Å². The number of pyridine rings is 1. The molecule has 5 aromatic rings. The monoisotopic (exact) mass is 563 g/mol. The van der Waals surface area contributed by atoms with Gasteiger partial charge in [0.1, 0.15) is 18.2 Å². The second-order valence-electron chi connectivity index (χ2n) is 10.4. The molecule has 1 aliphatic carbocycles. The number of hydrogen-bond acceptors (Lipinski definition) is 8. The molecule has 2 aromatic carbocycles. The average Bonchev–Trinajstić information content (AvgIpc) is 3.39. The van der Waals surface area contributed by atoms with Gasteiger partial charge in [0.05, 0.1) is 23.8 Å². The van der Waals surface area contributed by atoms with E-state index in [2.05, 4.69) is 62.0 Å². The van der Waals surface area contributed by atoms with Crippen molar-refractivity contribution in [2.24, 2.45) is 0 Å². The maximum absolute atomic E-state index is 8.12. The van der Waals surface area contributed by atoms with Gasteiger partial charge in [-0.25, -0.2) is 15.0 Å². The van der Waals surface area contributed by atoms with Crippen molar-refractivity contribution < 1.29 is 19.1 Å². The molecule has 0 amide bonds. The van der Waals surface area contributed by atoms with Crippen LogP contribution in [-0.4, -0.2) is 37.8 Å². The quantitative estimate of drug-likeness (QED) is 0.216. The van der Waals surface area contributed by atoms with Crippen molar-refractivity contribution in [2.45, 2.75) is 58.1 Å². The lowest BCUT2D eigenvalue weighted by Crippen LogP contribution is -2.13. The fourth-order valence-corrected chi connectivity index (χ4v) is 5.35. The molecule has 9 heteroatoms. The zero-order chi connectivity index (χ0) is 29.3. The van der Waals surface area contributed by atoms with Gasteiger partial charge in [-0.3, -0.25) is 4.98 Å². The van der Waals surface area contributed by atoms with E-state index < -0.39 is 0 Å². The van der Waals surface area contributed by atoms with Crippen molar-refractivity contribution in [1.29, 1.82) is 0 Å². The van der Waals surface area contributed by atoms with Gasteiger partial charge in [-0.1, -0.05) is 49.6 Å². The van der Waals surface area contributed by atoms with Crippen molar-refractivity contribution in [1.82, 2.24) is 24.5 Å². The number of methoxy groups -OCH3 is 1. The molecule has 0 bridgehead atoms. The van der Waals surface area contributed by atoms with E-state index in [1.54, 1.807) is 19.5 Å². The smallest absolute Gasteiger partial charge is 0.373 e. The number of carbonyl (C=O) groups excluding carboxylic acids is 2. The first-order valence-corrected chi connectivity index (χ1v) is 14.1. The van der Waals surface area contributed by atoms with Crippen LogP contribution in [0.15, 0.2) is 73.2 Å². The van der Waals surface area contributed by atoms with Crippen molar-refractivity contribution in [3.05, 3.63) is 95.8 Å². The lowest BCUT2D eigenvalue weighted by atomic mass is 9.88. The van der Waals surface area contributed by atoms with Gasteiger partial charge < -0.3 is 14.0 Å². The van der Waals surface area contributed by atoms with Crippen LogP contribution >= 0.6 is 0 Å². The van der Waals surface area contributed by atoms with Crippen LogP contribution in [0, 0.1) is 6.92 Å². The van der Waals surface area contributed by atoms with E-state index in [9.17, 15) is 0 Å². The van der Waals surface area contributed by atoms with Gasteiger partial charge in [-0.2, -0.15) is 9.59 Å². The molecule has 0 radical (unpaired) electrons. The van der Waals surface area contributed by atoms with Gasteiger partial charge in [0.15, 0.2) is 0 Å². The summed E-state index contributed by atoms with van der Waals surface area (Å²) >= 11 is 0. The molecule has 0 saturated heterocycles. The molecular weight excluding hydrogens is 530 g/mol. The predicted molar refractivity (Wildman–Crippen MR) is 157 cm³/mol. The number of aryl methyl sites for hydroxylation is 1. The lowest BCUT2D eigenvalue weighted by molar-refractivity contribution is -0.191. The van der Waals surface area contributed by atoms with Crippen LogP contribution in [0.4, 0.5) is 0 Å². The third kappa shape index (κ3) is 6.87. The zero-order valence-electron chi connectivity index (χ0n) is 23.8. The summed E-state index contributed by atoms with van der Waals surface area (Å²) in [7, 11) is 1.57. The summed E-state index contributed by atoms with van der Waals surface area (Å²) in [5, 5.41) is 0. The van der Waals surface area contributed by atoms with E-state index in [0.29, 0.717) is 18.5 Å². The summed E-state index contributed by atoms with van der Waals surface area (Å²) in [5.74, 6) is 2.51. The van der Waals surface area contributed by atoms with Crippen LogP contribution in [0.2, 0.25) is 0 Å². The summed E-state index contributed by atoms with van der Waals surface area (Å²) in [4.78, 5) is 34.4. The fourth-order valence-electron chi connectivity index (χ4n) is 5.35. The third-order valence-corrected chi connectivity index (χ3v) is 7.52. The van der Waals surface area contributed by atoms with Crippen LogP contribution in [0.3, 0.4) is 0 Å². The third-order valence-electron chi connectivity index (χ3n) is 7.52. The first-order chi connectivity index (χ1) is 20.6. The standard InChI is InChI=1S/C32H33N5O2.CO2/c1-22-8-13-27(33-17-22)21-39-28-14-15-29-30(16-28)37(31(36-29)25-6-4-3-5-7-25)20-23-9-11-24(12-10-23)26-18-34-32(38-2)35-19-26;2-1-3/h8-19,25H,3-7,20-21H2,1-2H3;. The molecule has 214 valence electrons. The summed E-state index contributed by atoms with van der Waals surface area (Å²) in [6.07, 6.45) is 12.0. The van der Waals surface area contributed by atoms with Crippen LogP contribution in [0.1, 0.15) is 60.7 Å². The van der Waals surface area contributed by atoms with E-state index in [1.165, 1.54) is 43.5 Å². The molecule has 0 aliphatic heterocycles. The van der Waals surface area contributed by atoms with Gasteiger partial charge >= 0.3 is 12.2 Å². The van der Waals surface area contributed by atoms with Crippen LogP contribution in [0.5, 0.6) is 11.8 Å². The van der Waals surface area contributed by atoms with Gasteiger partial charge in [0.2, 0.25) is 0 Å². The Balaban J connectivity index is 0.00000113. The molecule has 0 atom stereocenters. The van der Waals surface area contributed by atoms with E-state index >= 15 is 0 Å². The van der Waals surface area contributed by atoms with Crippen molar-refractivity contribution in [2.75, 3.05) is 7.11 Å². The topological polar surface area (TPSA) is 109 Å². The molecule has 0 spiro atoms. The highest BCUT2D eigenvalue weighted by Gasteiger charge is 2.23. The second kappa shape index (κ2) is 13.7. The highest BCUT2D eigenvalue weighted by atomic mass is 16.5. The first-order valence-electron chi connectivity index (χ1n) is 14.1. The van der Waals surface area contributed by atoms with Crippen molar-refractivity contribution in [3.8, 4) is 22.9 Å². The normalized spacial score (nSPS) is 13.2. The SMILES string of the molecule is COc1ncc(-c2ccc(Cn3c(C4CCCCC4)nc4ccc(OCc5ccc(C)cn5)cc43)cc2)cn1.O=C=O. The predicted octanol–water partition coefficient (Wildman–Crippen LogP) is 6.30. The molecule has 0 N–H and O–H groups in total. The zero-order valence-corrected chi connectivity index (χ0v) is 23.8. The molecular formula is C33H33N5O4.